The molecule has 0 bridgehead atoms. The molecule has 0 saturated heterocycles. The van der Waals surface area contributed by atoms with Gasteiger partial charge in [0.25, 0.3) is 0 Å². The minimum Gasteiger partial charge on any atom is -0.481 e. The van der Waals surface area contributed by atoms with Crippen LogP contribution in [0.5, 0.6) is 0 Å². The van der Waals surface area contributed by atoms with Crippen LogP contribution in [0.3, 0.4) is 0 Å². The second kappa shape index (κ2) is 7.39. The molecule has 0 fully saturated rings. The zero-order chi connectivity index (χ0) is 16.0. The van der Waals surface area contributed by atoms with E-state index in [-0.39, 0.29) is 30.6 Å². The van der Waals surface area contributed by atoms with Gasteiger partial charge in [-0.05, 0) is 25.0 Å². The maximum absolute atomic E-state index is 11.8. The lowest BCUT2D eigenvalue weighted by atomic mass is 9.97. The first-order valence-corrected chi connectivity index (χ1v) is 6.29. The molecule has 0 saturated carbocycles. The van der Waals surface area contributed by atoms with E-state index in [9.17, 15) is 19.5 Å². The van der Waals surface area contributed by atoms with Crippen LogP contribution in [0, 0.1) is 0 Å². The van der Waals surface area contributed by atoms with Gasteiger partial charge in [0, 0.05) is 12.0 Å². The summed E-state index contributed by atoms with van der Waals surface area (Å²) in [6, 6.07) is 4.12. The van der Waals surface area contributed by atoms with E-state index in [0.29, 0.717) is 5.56 Å². The average Bonchev–Trinajstić information content (AvgIpc) is 2.44. The number of rotatable bonds is 7. The van der Waals surface area contributed by atoms with Crippen LogP contribution in [0.1, 0.15) is 40.9 Å². The Kier molecular flexibility index (Phi) is 5.86. The number of esters is 1. The molecule has 0 heterocycles. The first kappa shape index (κ1) is 16.6. The summed E-state index contributed by atoms with van der Waals surface area (Å²) in [6.07, 6.45) is -1.79. The highest BCUT2D eigenvalue weighted by molar-refractivity contribution is 5.93. The van der Waals surface area contributed by atoms with E-state index in [1.165, 1.54) is 18.2 Å². The molecule has 0 radical (unpaired) electrons. The third-order valence-corrected chi connectivity index (χ3v) is 2.77. The molecule has 3 N–H and O–H groups in total. The molecule has 21 heavy (non-hydrogen) atoms. The summed E-state index contributed by atoms with van der Waals surface area (Å²) in [7, 11) is 0. The van der Waals surface area contributed by atoms with E-state index in [1.807, 2.05) is 0 Å². The fourth-order valence-corrected chi connectivity index (χ4v) is 1.77. The van der Waals surface area contributed by atoms with Gasteiger partial charge in [0.15, 0.2) is 6.10 Å². The zero-order valence-electron chi connectivity index (χ0n) is 11.4. The van der Waals surface area contributed by atoms with Gasteiger partial charge in [-0.3, -0.25) is 4.79 Å². The van der Waals surface area contributed by atoms with Crippen molar-refractivity contribution < 1.29 is 34.4 Å². The molecule has 1 aromatic carbocycles. The number of hydrogen-bond acceptors (Lipinski definition) is 5. The molecule has 1 aromatic rings. The predicted molar refractivity (Wildman–Crippen MR) is 71.0 cm³/mol. The van der Waals surface area contributed by atoms with Crippen molar-refractivity contribution >= 4 is 17.9 Å². The Morgan fingerprint density at radius 2 is 1.90 bits per heavy atom. The number of hydrogen-bond donors (Lipinski definition) is 3. The van der Waals surface area contributed by atoms with E-state index >= 15 is 0 Å². The van der Waals surface area contributed by atoms with Crippen LogP contribution in [0.15, 0.2) is 18.2 Å². The lowest BCUT2D eigenvalue weighted by Crippen LogP contribution is -2.17. The Morgan fingerprint density at radius 3 is 2.43 bits per heavy atom. The number of benzene rings is 1. The number of aliphatic carboxylic acids is 2. The Labute approximate surface area is 120 Å². The first-order valence-electron chi connectivity index (χ1n) is 6.29. The molecule has 0 aliphatic rings. The standard InChI is InChI=1S/C14H16O7/c1-2-21-14(20)10-7-8(4-6-11(15)16)3-5-9(10)12(17)13(18)19/h3,5,7,12,17H,2,4,6H2,1H3,(H,15,16)(H,18,19). The summed E-state index contributed by atoms with van der Waals surface area (Å²) in [5, 5.41) is 27.1. The number of aryl methyl sites for hydroxylation is 1. The quantitative estimate of drug-likeness (QED) is 0.642. The maximum atomic E-state index is 11.8. The molecule has 7 nitrogen and oxygen atoms in total. The molecular weight excluding hydrogens is 280 g/mol. The van der Waals surface area contributed by atoms with Crippen LogP contribution in [-0.4, -0.2) is 39.8 Å². The number of carboxylic acids is 2. The van der Waals surface area contributed by atoms with Gasteiger partial charge < -0.3 is 20.1 Å². The molecule has 1 atom stereocenters. The molecule has 0 amide bonds. The molecule has 0 aliphatic heterocycles. The summed E-state index contributed by atoms with van der Waals surface area (Å²) < 4.78 is 4.82. The number of carbonyl (C=O) groups is 3. The minimum absolute atomic E-state index is 0.0744. The smallest absolute Gasteiger partial charge is 0.338 e. The van der Waals surface area contributed by atoms with E-state index in [2.05, 4.69) is 0 Å². The summed E-state index contributed by atoms with van der Waals surface area (Å²) in [6.45, 7) is 1.69. The van der Waals surface area contributed by atoms with Crippen molar-refractivity contribution in [1.82, 2.24) is 0 Å². The first-order chi connectivity index (χ1) is 9.86. The molecule has 0 aliphatic carbocycles. The second-order valence-electron chi connectivity index (χ2n) is 4.28. The van der Waals surface area contributed by atoms with Crippen molar-refractivity contribution in [2.24, 2.45) is 0 Å². The molecule has 0 aromatic heterocycles. The van der Waals surface area contributed by atoms with E-state index < -0.39 is 24.0 Å². The Morgan fingerprint density at radius 1 is 1.24 bits per heavy atom. The monoisotopic (exact) mass is 296 g/mol. The van der Waals surface area contributed by atoms with Crippen LogP contribution < -0.4 is 0 Å². The Hall–Kier alpha value is -2.41. The van der Waals surface area contributed by atoms with Crippen molar-refractivity contribution in [2.75, 3.05) is 6.61 Å². The van der Waals surface area contributed by atoms with E-state index in [1.54, 1.807) is 6.92 Å². The van der Waals surface area contributed by atoms with Gasteiger partial charge in [-0.25, -0.2) is 9.59 Å². The molecule has 114 valence electrons. The molecular formula is C14H16O7. The van der Waals surface area contributed by atoms with Crippen molar-refractivity contribution in [2.45, 2.75) is 25.9 Å². The van der Waals surface area contributed by atoms with E-state index in [4.69, 9.17) is 14.9 Å². The molecule has 1 unspecified atom stereocenters. The summed E-state index contributed by atoms with van der Waals surface area (Å²) in [4.78, 5) is 33.2. The SMILES string of the molecule is CCOC(=O)c1cc(CCC(=O)O)ccc1C(O)C(=O)O. The van der Waals surface area contributed by atoms with Crippen LogP contribution >= 0.6 is 0 Å². The van der Waals surface area contributed by atoms with Crippen LogP contribution in [0.2, 0.25) is 0 Å². The number of aliphatic hydroxyl groups excluding tert-OH is 1. The summed E-state index contributed by atoms with van der Waals surface area (Å²) in [5.74, 6) is -3.23. The topological polar surface area (TPSA) is 121 Å². The van der Waals surface area contributed by atoms with Crippen molar-refractivity contribution in [1.29, 1.82) is 0 Å². The Bertz CT molecular complexity index is 550. The minimum atomic E-state index is -1.85. The zero-order valence-corrected chi connectivity index (χ0v) is 11.4. The van der Waals surface area contributed by atoms with Gasteiger partial charge >= 0.3 is 17.9 Å². The summed E-state index contributed by atoms with van der Waals surface area (Å²) in [5.41, 5.74) is 0.386. The van der Waals surface area contributed by atoms with Gasteiger partial charge in [0.05, 0.1) is 12.2 Å². The highest BCUT2D eigenvalue weighted by atomic mass is 16.5. The van der Waals surface area contributed by atoms with Crippen molar-refractivity contribution in [3.05, 3.63) is 34.9 Å². The third-order valence-electron chi connectivity index (χ3n) is 2.77. The molecule has 0 spiro atoms. The fourth-order valence-electron chi connectivity index (χ4n) is 1.77. The van der Waals surface area contributed by atoms with Crippen molar-refractivity contribution in [3.63, 3.8) is 0 Å². The number of carboxylic acid groups (broad SMARTS) is 2. The maximum Gasteiger partial charge on any atom is 0.338 e. The average molecular weight is 296 g/mol. The second-order valence-corrected chi connectivity index (χ2v) is 4.28. The molecule has 1 rings (SSSR count). The van der Waals surface area contributed by atoms with Gasteiger partial charge in [-0.1, -0.05) is 12.1 Å². The van der Waals surface area contributed by atoms with Gasteiger partial charge in [-0.15, -0.1) is 0 Å². The number of ether oxygens (including phenoxy) is 1. The lowest BCUT2D eigenvalue weighted by molar-refractivity contribution is -0.147. The predicted octanol–water partition coefficient (Wildman–Crippen LogP) is 0.998. The van der Waals surface area contributed by atoms with Crippen molar-refractivity contribution in [3.8, 4) is 0 Å². The Balaban J connectivity index is 3.16. The van der Waals surface area contributed by atoms with Crippen LogP contribution in [0.4, 0.5) is 0 Å². The largest absolute Gasteiger partial charge is 0.481 e. The van der Waals surface area contributed by atoms with Crippen LogP contribution in [0.25, 0.3) is 0 Å². The van der Waals surface area contributed by atoms with Gasteiger partial charge in [0.1, 0.15) is 0 Å². The highest BCUT2D eigenvalue weighted by Gasteiger charge is 2.24. The van der Waals surface area contributed by atoms with Gasteiger partial charge in [0.2, 0.25) is 0 Å². The highest BCUT2D eigenvalue weighted by Crippen LogP contribution is 2.22. The summed E-state index contributed by atoms with van der Waals surface area (Å²) >= 11 is 0. The van der Waals surface area contributed by atoms with Crippen LogP contribution in [-0.2, 0) is 20.7 Å². The lowest BCUT2D eigenvalue weighted by Gasteiger charge is -2.13. The number of carbonyl (C=O) groups excluding carboxylic acids is 1. The van der Waals surface area contributed by atoms with E-state index in [0.717, 1.165) is 0 Å². The fraction of sp³-hybridized carbons (Fsp3) is 0.357. The third kappa shape index (κ3) is 4.57. The normalized spacial score (nSPS) is 11.7. The molecule has 7 heteroatoms. The number of aliphatic hydroxyl groups is 1. The van der Waals surface area contributed by atoms with Gasteiger partial charge in [-0.2, -0.15) is 0 Å².